The van der Waals surface area contributed by atoms with Crippen molar-refractivity contribution in [3.05, 3.63) is 63.4 Å². The number of nitrogens with one attached hydrogen (secondary N) is 1. The smallest absolute Gasteiger partial charge is 0.266 e. The van der Waals surface area contributed by atoms with Crippen molar-refractivity contribution in [1.29, 1.82) is 0 Å². The highest BCUT2D eigenvalue weighted by atomic mass is 32.1. The maximum absolute atomic E-state index is 12.7. The van der Waals surface area contributed by atoms with E-state index in [-0.39, 0.29) is 5.91 Å². The van der Waals surface area contributed by atoms with E-state index in [1.807, 2.05) is 42.2 Å². The first kappa shape index (κ1) is 15.8. The van der Waals surface area contributed by atoms with Gasteiger partial charge in [-0.3, -0.25) is 9.89 Å². The van der Waals surface area contributed by atoms with Crippen LogP contribution in [0.3, 0.4) is 0 Å². The van der Waals surface area contributed by atoms with Crippen LogP contribution in [0.2, 0.25) is 0 Å². The Morgan fingerprint density at radius 1 is 1.36 bits per heavy atom. The largest absolute Gasteiger partial charge is 0.487 e. The predicted octanol–water partition coefficient (Wildman–Crippen LogP) is 2.95. The molecule has 0 spiro atoms. The third-order valence-electron chi connectivity index (χ3n) is 4.36. The second-order valence-corrected chi connectivity index (χ2v) is 6.83. The van der Waals surface area contributed by atoms with E-state index in [1.54, 1.807) is 5.51 Å². The summed E-state index contributed by atoms with van der Waals surface area (Å²) in [6, 6.07) is 9.66. The maximum atomic E-state index is 12.7. The van der Waals surface area contributed by atoms with Crippen molar-refractivity contribution in [3.8, 4) is 5.75 Å². The predicted molar refractivity (Wildman–Crippen MR) is 94.7 cm³/mol. The summed E-state index contributed by atoms with van der Waals surface area (Å²) in [4.78, 5) is 19.5. The number of para-hydroxylation sites is 1. The van der Waals surface area contributed by atoms with Crippen LogP contribution in [0.25, 0.3) is 0 Å². The Morgan fingerprint density at radius 2 is 2.20 bits per heavy atom. The lowest BCUT2D eigenvalue weighted by molar-refractivity contribution is 0.0737. The van der Waals surface area contributed by atoms with Crippen LogP contribution in [0.15, 0.2) is 35.8 Å². The molecule has 0 saturated heterocycles. The Morgan fingerprint density at radius 3 is 2.96 bits per heavy atom. The zero-order valence-corrected chi connectivity index (χ0v) is 14.7. The lowest BCUT2D eigenvalue weighted by atomic mass is 10.1. The van der Waals surface area contributed by atoms with E-state index in [1.165, 1.54) is 11.3 Å². The molecule has 0 bridgehead atoms. The fourth-order valence-corrected chi connectivity index (χ4v) is 3.74. The van der Waals surface area contributed by atoms with Crippen LogP contribution in [-0.4, -0.2) is 32.5 Å². The fraction of sp³-hybridized carbons (Fsp3) is 0.278. The van der Waals surface area contributed by atoms with Crippen molar-refractivity contribution in [1.82, 2.24) is 20.1 Å². The number of benzene rings is 1. The Hall–Kier alpha value is -2.67. The van der Waals surface area contributed by atoms with Gasteiger partial charge in [-0.05, 0) is 19.1 Å². The van der Waals surface area contributed by atoms with E-state index < -0.39 is 0 Å². The molecule has 0 radical (unpaired) electrons. The lowest BCUT2D eigenvalue weighted by Gasteiger charge is -2.27. The molecule has 3 aromatic rings. The molecule has 1 aromatic carbocycles. The number of carbonyl (C=O) groups excluding carboxylic acids is 1. The molecule has 1 aliphatic rings. The number of hydrogen-bond donors (Lipinski definition) is 1. The standard InChI is InChI=1S/C18H18N4O2S/c1-12-17(25-11-19-12)18(23)22-8-7-15-14(9-22)16(21-20-15)10-24-13-5-3-2-4-6-13/h2-6,11H,7-10H2,1H3,(H,20,21). The van der Waals surface area contributed by atoms with Crippen LogP contribution >= 0.6 is 11.3 Å². The van der Waals surface area contributed by atoms with Gasteiger partial charge in [0.2, 0.25) is 0 Å². The number of rotatable bonds is 4. The molecule has 4 rings (SSSR count). The van der Waals surface area contributed by atoms with Crippen LogP contribution in [0.1, 0.15) is 32.3 Å². The summed E-state index contributed by atoms with van der Waals surface area (Å²) in [5.74, 6) is 0.852. The van der Waals surface area contributed by atoms with Gasteiger partial charge in [-0.15, -0.1) is 11.3 Å². The van der Waals surface area contributed by atoms with Gasteiger partial charge < -0.3 is 9.64 Å². The second kappa shape index (κ2) is 6.68. The molecule has 1 aliphatic heterocycles. The minimum absolute atomic E-state index is 0.0433. The summed E-state index contributed by atoms with van der Waals surface area (Å²) in [5.41, 5.74) is 5.53. The van der Waals surface area contributed by atoms with Crippen molar-refractivity contribution >= 4 is 17.2 Å². The van der Waals surface area contributed by atoms with Gasteiger partial charge in [0.1, 0.15) is 22.9 Å². The topological polar surface area (TPSA) is 71.1 Å². The zero-order valence-electron chi connectivity index (χ0n) is 13.9. The summed E-state index contributed by atoms with van der Waals surface area (Å²) >= 11 is 1.40. The number of thiazole rings is 1. The molecular formula is C18H18N4O2S. The number of H-pyrrole nitrogens is 1. The van der Waals surface area contributed by atoms with Crippen molar-refractivity contribution in [2.75, 3.05) is 6.54 Å². The van der Waals surface area contributed by atoms with Crippen LogP contribution in [0, 0.1) is 6.92 Å². The number of fused-ring (bicyclic) bond motifs is 1. The molecular weight excluding hydrogens is 336 g/mol. The van der Waals surface area contributed by atoms with Crippen molar-refractivity contribution in [2.45, 2.75) is 26.5 Å². The van der Waals surface area contributed by atoms with Gasteiger partial charge in [0.25, 0.3) is 5.91 Å². The van der Waals surface area contributed by atoms with Crippen LogP contribution in [0.4, 0.5) is 0 Å². The molecule has 2 aromatic heterocycles. The number of aryl methyl sites for hydroxylation is 1. The molecule has 7 heteroatoms. The average molecular weight is 354 g/mol. The molecule has 1 N–H and O–H groups in total. The van der Waals surface area contributed by atoms with E-state index in [2.05, 4.69) is 15.2 Å². The third kappa shape index (κ3) is 3.15. The molecule has 0 aliphatic carbocycles. The third-order valence-corrected chi connectivity index (χ3v) is 5.28. The Balaban J connectivity index is 1.49. The van der Waals surface area contributed by atoms with Crippen LogP contribution < -0.4 is 4.74 Å². The van der Waals surface area contributed by atoms with E-state index >= 15 is 0 Å². The molecule has 1 amide bonds. The molecule has 0 saturated carbocycles. The number of carbonyl (C=O) groups is 1. The first-order valence-corrected chi connectivity index (χ1v) is 9.02. The Bertz CT molecular complexity index is 888. The Kier molecular flexibility index (Phi) is 4.23. The van der Waals surface area contributed by atoms with E-state index in [0.29, 0.717) is 24.6 Å². The van der Waals surface area contributed by atoms with Crippen molar-refractivity contribution in [3.63, 3.8) is 0 Å². The molecule has 25 heavy (non-hydrogen) atoms. The van der Waals surface area contributed by atoms with E-state index in [9.17, 15) is 4.79 Å². The first-order chi connectivity index (χ1) is 12.2. The molecule has 0 fully saturated rings. The van der Waals surface area contributed by atoms with E-state index in [0.717, 1.165) is 34.8 Å². The maximum Gasteiger partial charge on any atom is 0.266 e. The summed E-state index contributed by atoms with van der Waals surface area (Å²) in [7, 11) is 0. The zero-order chi connectivity index (χ0) is 17.2. The minimum Gasteiger partial charge on any atom is -0.487 e. The summed E-state index contributed by atoms with van der Waals surface area (Å²) in [6.07, 6.45) is 0.775. The molecule has 6 nitrogen and oxygen atoms in total. The van der Waals surface area contributed by atoms with Gasteiger partial charge in [-0.2, -0.15) is 5.10 Å². The summed E-state index contributed by atoms with van der Waals surface area (Å²) in [6.45, 7) is 3.49. The summed E-state index contributed by atoms with van der Waals surface area (Å²) < 4.78 is 5.81. The number of aromatic nitrogens is 3. The molecule has 0 unspecified atom stereocenters. The monoisotopic (exact) mass is 354 g/mol. The molecule has 0 atom stereocenters. The van der Waals surface area contributed by atoms with E-state index in [4.69, 9.17) is 4.74 Å². The van der Waals surface area contributed by atoms with Crippen LogP contribution in [-0.2, 0) is 19.6 Å². The van der Waals surface area contributed by atoms with Crippen molar-refractivity contribution < 1.29 is 9.53 Å². The second-order valence-electron chi connectivity index (χ2n) is 5.97. The quantitative estimate of drug-likeness (QED) is 0.782. The fourth-order valence-electron chi connectivity index (χ4n) is 2.97. The highest BCUT2D eigenvalue weighted by Gasteiger charge is 2.27. The molecule has 128 valence electrons. The number of aromatic amines is 1. The van der Waals surface area contributed by atoms with Gasteiger partial charge in [-0.1, -0.05) is 18.2 Å². The number of ether oxygens (including phenoxy) is 1. The van der Waals surface area contributed by atoms with Gasteiger partial charge in [0, 0.05) is 30.8 Å². The van der Waals surface area contributed by atoms with Gasteiger partial charge >= 0.3 is 0 Å². The average Bonchev–Trinajstić information content (AvgIpc) is 3.26. The SMILES string of the molecule is Cc1ncsc1C(=O)N1CCc2[nH]nc(COc3ccccc3)c2C1. The van der Waals surface area contributed by atoms with Gasteiger partial charge in [-0.25, -0.2) is 4.98 Å². The minimum atomic E-state index is 0.0433. The highest BCUT2D eigenvalue weighted by molar-refractivity contribution is 7.11. The van der Waals surface area contributed by atoms with Gasteiger partial charge in [0.05, 0.1) is 11.2 Å². The van der Waals surface area contributed by atoms with Crippen LogP contribution in [0.5, 0.6) is 5.75 Å². The number of hydrogen-bond acceptors (Lipinski definition) is 5. The number of amides is 1. The van der Waals surface area contributed by atoms with Gasteiger partial charge in [0.15, 0.2) is 0 Å². The lowest BCUT2D eigenvalue weighted by Crippen LogP contribution is -2.36. The summed E-state index contributed by atoms with van der Waals surface area (Å²) in [5, 5.41) is 7.48. The number of nitrogens with zero attached hydrogens (tertiary/aromatic N) is 3. The Labute approximate surface area is 149 Å². The van der Waals surface area contributed by atoms with Crippen molar-refractivity contribution in [2.24, 2.45) is 0 Å². The molecule has 3 heterocycles. The normalized spacial score (nSPS) is 13.6. The highest BCUT2D eigenvalue weighted by Crippen LogP contribution is 2.24. The first-order valence-electron chi connectivity index (χ1n) is 8.14.